The molecule has 0 bridgehead atoms. The quantitative estimate of drug-likeness (QED) is 0.875. The number of aryl methyl sites for hydroxylation is 1. The van der Waals surface area contributed by atoms with Gasteiger partial charge in [0.15, 0.2) is 5.15 Å². The Hall–Kier alpha value is -1.88. The van der Waals surface area contributed by atoms with Crippen LogP contribution in [0.4, 0.5) is 4.39 Å². The number of hydrogen-bond acceptors (Lipinski definition) is 2. The first-order valence-corrected chi connectivity index (χ1v) is 6.17. The van der Waals surface area contributed by atoms with Crippen LogP contribution in [0.1, 0.15) is 18.1 Å². The van der Waals surface area contributed by atoms with Gasteiger partial charge in [0.1, 0.15) is 0 Å². The van der Waals surface area contributed by atoms with Gasteiger partial charge in [-0.15, -0.1) is 0 Å². The number of aromatic amines is 1. The van der Waals surface area contributed by atoms with Crippen molar-refractivity contribution in [3.63, 3.8) is 0 Å². The molecular weight excluding hydrogens is 271 g/mol. The Morgan fingerprint density at radius 2 is 1.89 bits per heavy atom. The van der Waals surface area contributed by atoms with Crippen LogP contribution in [-0.2, 0) is 13.0 Å². The number of nitrogens with zero attached hydrogens (tertiary/aromatic N) is 1. The molecule has 1 aromatic heterocycles. The van der Waals surface area contributed by atoms with Crippen LogP contribution < -0.4 is 11.2 Å². The molecular formula is C13H12ClFN2O2. The lowest BCUT2D eigenvalue weighted by Gasteiger charge is -2.09. The van der Waals surface area contributed by atoms with Gasteiger partial charge in [-0.3, -0.25) is 14.3 Å². The normalized spacial score (nSPS) is 10.7. The Morgan fingerprint density at radius 3 is 2.53 bits per heavy atom. The van der Waals surface area contributed by atoms with E-state index in [9.17, 15) is 14.0 Å². The summed E-state index contributed by atoms with van der Waals surface area (Å²) in [6.45, 7) is 1.99. The molecule has 4 nitrogen and oxygen atoms in total. The molecule has 0 atom stereocenters. The van der Waals surface area contributed by atoms with Crippen molar-refractivity contribution >= 4 is 11.6 Å². The molecule has 1 heterocycles. The Bertz CT molecular complexity index is 721. The zero-order chi connectivity index (χ0) is 14.0. The molecule has 0 saturated carbocycles. The van der Waals surface area contributed by atoms with E-state index < -0.39 is 22.2 Å². The fourth-order valence-corrected chi connectivity index (χ4v) is 2.05. The van der Waals surface area contributed by atoms with E-state index in [2.05, 4.69) is 4.98 Å². The summed E-state index contributed by atoms with van der Waals surface area (Å²) in [5.74, 6) is -1.14. The molecule has 0 aliphatic carbocycles. The topological polar surface area (TPSA) is 54.9 Å². The first kappa shape index (κ1) is 13.5. The Labute approximate surface area is 113 Å². The monoisotopic (exact) mass is 282 g/mol. The molecule has 100 valence electrons. The summed E-state index contributed by atoms with van der Waals surface area (Å²) in [5, 5.41) is -0.560. The largest absolute Gasteiger partial charge is 0.329 e. The van der Waals surface area contributed by atoms with E-state index in [0.29, 0.717) is 0 Å². The Morgan fingerprint density at radius 1 is 1.26 bits per heavy atom. The fraction of sp³-hybridized carbons (Fsp3) is 0.231. The highest BCUT2D eigenvalue weighted by Gasteiger charge is 2.13. The van der Waals surface area contributed by atoms with Crippen molar-refractivity contribution in [1.29, 1.82) is 0 Å². The summed E-state index contributed by atoms with van der Waals surface area (Å²) in [6.07, 6.45) is 0.763. The summed E-state index contributed by atoms with van der Waals surface area (Å²) in [6, 6.07) is 7.38. The zero-order valence-corrected chi connectivity index (χ0v) is 11.0. The lowest BCUT2D eigenvalue weighted by atomic mass is 10.1. The molecule has 0 aliphatic heterocycles. The molecule has 0 amide bonds. The van der Waals surface area contributed by atoms with Crippen molar-refractivity contribution in [2.75, 3.05) is 0 Å². The highest BCUT2D eigenvalue weighted by Crippen LogP contribution is 2.10. The third kappa shape index (κ3) is 2.61. The van der Waals surface area contributed by atoms with Gasteiger partial charge in [-0.1, -0.05) is 42.8 Å². The maximum atomic E-state index is 13.4. The minimum Gasteiger partial charge on any atom is -0.295 e. The predicted molar refractivity (Wildman–Crippen MR) is 71.2 cm³/mol. The van der Waals surface area contributed by atoms with E-state index in [-0.39, 0.29) is 6.54 Å². The van der Waals surface area contributed by atoms with Crippen LogP contribution in [0.3, 0.4) is 0 Å². The van der Waals surface area contributed by atoms with Gasteiger partial charge in [0.05, 0.1) is 6.54 Å². The molecule has 0 saturated heterocycles. The maximum Gasteiger partial charge on any atom is 0.329 e. The third-order valence-corrected chi connectivity index (χ3v) is 3.18. The first-order chi connectivity index (χ1) is 9.04. The van der Waals surface area contributed by atoms with Gasteiger partial charge in [0.2, 0.25) is 5.82 Å². The summed E-state index contributed by atoms with van der Waals surface area (Å²) in [7, 11) is 0. The second kappa shape index (κ2) is 5.40. The SMILES string of the molecule is CCc1ccccc1Cn1c(=O)[nH]c(Cl)c(F)c1=O. The minimum absolute atomic E-state index is 0.0201. The van der Waals surface area contributed by atoms with E-state index in [4.69, 9.17) is 11.6 Å². The summed E-state index contributed by atoms with van der Waals surface area (Å²) < 4.78 is 14.2. The standard InChI is InChI=1S/C13H12ClFN2O2/c1-2-8-5-3-4-6-9(8)7-17-12(18)10(15)11(14)16-13(17)19/h3-6H,2,7H2,1H3,(H,16,19). The molecule has 0 radical (unpaired) electrons. The maximum absolute atomic E-state index is 13.4. The molecule has 0 aliphatic rings. The van der Waals surface area contributed by atoms with Crippen LogP contribution >= 0.6 is 11.6 Å². The highest BCUT2D eigenvalue weighted by molar-refractivity contribution is 6.29. The van der Waals surface area contributed by atoms with Gasteiger partial charge >= 0.3 is 5.69 Å². The van der Waals surface area contributed by atoms with Gasteiger partial charge in [-0.2, -0.15) is 4.39 Å². The molecule has 0 unspecified atom stereocenters. The van der Waals surface area contributed by atoms with Crippen molar-refractivity contribution in [3.8, 4) is 0 Å². The Kier molecular flexibility index (Phi) is 3.85. The highest BCUT2D eigenvalue weighted by atomic mass is 35.5. The minimum atomic E-state index is -1.14. The third-order valence-electron chi connectivity index (χ3n) is 2.92. The van der Waals surface area contributed by atoms with Crippen molar-refractivity contribution in [3.05, 3.63) is 67.2 Å². The van der Waals surface area contributed by atoms with Gasteiger partial charge in [0, 0.05) is 0 Å². The molecule has 1 aromatic carbocycles. The number of H-pyrrole nitrogens is 1. The van der Waals surface area contributed by atoms with E-state index in [1.54, 1.807) is 12.1 Å². The van der Waals surface area contributed by atoms with Crippen LogP contribution in [0.5, 0.6) is 0 Å². The van der Waals surface area contributed by atoms with Crippen molar-refractivity contribution in [2.45, 2.75) is 19.9 Å². The van der Waals surface area contributed by atoms with Gasteiger partial charge in [-0.25, -0.2) is 4.79 Å². The van der Waals surface area contributed by atoms with Crippen LogP contribution in [0.2, 0.25) is 5.15 Å². The van der Waals surface area contributed by atoms with Crippen LogP contribution in [-0.4, -0.2) is 9.55 Å². The molecule has 0 spiro atoms. The van der Waals surface area contributed by atoms with Gasteiger partial charge < -0.3 is 0 Å². The second-order valence-corrected chi connectivity index (χ2v) is 4.45. The van der Waals surface area contributed by atoms with Gasteiger partial charge in [0.25, 0.3) is 5.56 Å². The predicted octanol–water partition coefficient (Wildman–Crippen LogP) is 1.94. The van der Waals surface area contributed by atoms with E-state index in [1.165, 1.54) is 0 Å². The van der Waals surface area contributed by atoms with Crippen molar-refractivity contribution < 1.29 is 4.39 Å². The van der Waals surface area contributed by atoms with Crippen molar-refractivity contribution in [1.82, 2.24) is 9.55 Å². The van der Waals surface area contributed by atoms with E-state index in [0.717, 1.165) is 22.1 Å². The van der Waals surface area contributed by atoms with Crippen LogP contribution in [0, 0.1) is 5.82 Å². The molecule has 1 N–H and O–H groups in total. The molecule has 2 aromatic rings. The molecule has 19 heavy (non-hydrogen) atoms. The summed E-state index contributed by atoms with van der Waals surface area (Å²) in [5.41, 5.74) is 0.0745. The van der Waals surface area contributed by atoms with E-state index in [1.807, 2.05) is 19.1 Å². The van der Waals surface area contributed by atoms with Crippen LogP contribution in [0.25, 0.3) is 0 Å². The molecule has 0 fully saturated rings. The first-order valence-electron chi connectivity index (χ1n) is 5.79. The lowest BCUT2D eigenvalue weighted by molar-refractivity contribution is 0.557. The van der Waals surface area contributed by atoms with E-state index >= 15 is 0 Å². The molecule has 6 heteroatoms. The number of nitrogens with one attached hydrogen (secondary N) is 1. The Balaban J connectivity index is 2.53. The number of hydrogen-bond donors (Lipinski definition) is 1. The second-order valence-electron chi connectivity index (χ2n) is 4.07. The summed E-state index contributed by atoms with van der Waals surface area (Å²) >= 11 is 5.41. The molecule has 2 rings (SSSR count). The summed E-state index contributed by atoms with van der Waals surface area (Å²) in [4.78, 5) is 25.5. The number of aromatic nitrogens is 2. The average molecular weight is 283 g/mol. The van der Waals surface area contributed by atoms with Crippen molar-refractivity contribution in [2.24, 2.45) is 0 Å². The average Bonchev–Trinajstić information content (AvgIpc) is 2.41. The van der Waals surface area contributed by atoms with Crippen LogP contribution in [0.15, 0.2) is 33.9 Å². The fourth-order valence-electron chi connectivity index (χ4n) is 1.89. The number of rotatable bonds is 3. The zero-order valence-electron chi connectivity index (χ0n) is 10.2. The smallest absolute Gasteiger partial charge is 0.295 e. The number of benzene rings is 1. The van der Waals surface area contributed by atoms with Gasteiger partial charge in [-0.05, 0) is 17.5 Å². The number of halogens is 2. The lowest BCUT2D eigenvalue weighted by Crippen LogP contribution is -2.37.